The molecule has 1 aromatic carbocycles. The van der Waals surface area contributed by atoms with E-state index in [9.17, 15) is 20.2 Å². The lowest BCUT2D eigenvalue weighted by Crippen LogP contribution is -2.42. The summed E-state index contributed by atoms with van der Waals surface area (Å²) in [7, 11) is 0. The zero-order valence-electron chi connectivity index (χ0n) is 16.9. The second kappa shape index (κ2) is 7.62. The van der Waals surface area contributed by atoms with Crippen molar-refractivity contribution in [2.24, 2.45) is 11.1 Å². The van der Waals surface area contributed by atoms with E-state index in [0.29, 0.717) is 29.8 Å². The summed E-state index contributed by atoms with van der Waals surface area (Å²) in [6.07, 6.45) is 0.912. The van der Waals surface area contributed by atoms with Gasteiger partial charge in [0.05, 0.1) is 32.0 Å². The average Bonchev–Trinajstić information content (AvgIpc) is 3.12. The maximum Gasteiger partial charge on any atom is 0.271 e. The number of ketones is 1. The number of hydrogen-bond donors (Lipinski definition) is 1. The number of benzene rings is 1. The Bertz CT molecular complexity index is 1220. The smallest absolute Gasteiger partial charge is 0.271 e. The van der Waals surface area contributed by atoms with E-state index in [-0.39, 0.29) is 28.3 Å². The molecule has 1 atom stereocenters. The minimum atomic E-state index is -0.546. The second-order valence-electron chi connectivity index (χ2n) is 8.40. The lowest BCUT2D eigenvalue weighted by molar-refractivity contribution is -0.384. The van der Waals surface area contributed by atoms with Crippen molar-refractivity contribution in [3.63, 3.8) is 0 Å². The number of carbonyl (C=O) groups is 1. The molecule has 1 aliphatic carbocycles. The molecule has 0 spiro atoms. The van der Waals surface area contributed by atoms with Gasteiger partial charge in [0.15, 0.2) is 5.78 Å². The highest BCUT2D eigenvalue weighted by Gasteiger charge is 2.45. The van der Waals surface area contributed by atoms with Crippen LogP contribution in [0.4, 0.5) is 11.4 Å². The molecular weight excluding hydrogens is 480 g/mol. The maximum atomic E-state index is 13.4. The van der Waals surface area contributed by atoms with Crippen molar-refractivity contribution in [1.82, 2.24) is 0 Å². The number of nitrogens with two attached hydrogens (primary N) is 1. The lowest BCUT2D eigenvalue weighted by Gasteiger charge is -2.43. The van der Waals surface area contributed by atoms with Crippen LogP contribution >= 0.6 is 27.3 Å². The molecule has 2 N–H and O–H groups in total. The lowest BCUT2D eigenvalue weighted by atomic mass is 9.69. The van der Waals surface area contributed by atoms with Crippen LogP contribution in [0.15, 0.2) is 62.8 Å². The average molecular weight is 499 g/mol. The summed E-state index contributed by atoms with van der Waals surface area (Å²) in [6.45, 7) is 4.02. The summed E-state index contributed by atoms with van der Waals surface area (Å²) in [5.41, 5.74) is 8.12. The van der Waals surface area contributed by atoms with Crippen molar-refractivity contribution < 1.29 is 9.72 Å². The molecule has 0 saturated heterocycles. The first-order valence-corrected chi connectivity index (χ1v) is 11.2. The molecule has 0 saturated carbocycles. The standard InChI is InChI=1S/C22H19BrN4O3S/c1-22(2)9-15-20(16(28)10-22)19(17-6-7-18(23)31-17)14(11-24)21(25)26(15)12-4-3-5-13(8-12)27(29)30/h3-8,19H,9-10,25H2,1-2H3/t19-/m0/s1. The molecule has 0 unspecified atom stereocenters. The van der Waals surface area contributed by atoms with Gasteiger partial charge in [0, 0.05) is 34.7 Å². The molecule has 0 amide bonds. The number of rotatable bonds is 3. The second-order valence-corrected chi connectivity index (χ2v) is 10.9. The number of nitro groups is 1. The minimum absolute atomic E-state index is 0.0311. The number of nitriles is 1. The fourth-order valence-corrected chi connectivity index (χ4v) is 5.86. The Morgan fingerprint density at radius 1 is 1.32 bits per heavy atom. The quantitative estimate of drug-likeness (QED) is 0.449. The number of nitro benzene ring substituents is 1. The zero-order chi connectivity index (χ0) is 22.5. The number of anilines is 1. The third-order valence-corrected chi connectivity index (χ3v) is 7.25. The molecular formula is C22H19BrN4O3S. The highest BCUT2D eigenvalue weighted by atomic mass is 79.9. The molecule has 7 nitrogen and oxygen atoms in total. The molecule has 0 bridgehead atoms. The number of non-ortho nitro benzene ring substituents is 1. The number of hydrogen-bond acceptors (Lipinski definition) is 7. The largest absolute Gasteiger partial charge is 0.384 e. The van der Waals surface area contributed by atoms with E-state index < -0.39 is 10.8 Å². The molecule has 2 aliphatic rings. The first-order valence-electron chi connectivity index (χ1n) is 9.59. The minimum Gasteiger partial charge on any atom is -0.384 e. The third-order valence-electron chi connectivity index (χ3n) is 5.56. The number of carbonyl (C=O) groups excluding carboxylic acids is 1. The molecule has 1 aliphatic heterocycles. The van der Waals surface area contributed by atoms with Crippen molar-refractivity contribution in [1.29, 1.82) is 5.26 Å². The molecule has 2 heterocycles. The van der Waals surface area contributed by atoms with Crippen LogP contribution < -0.4 is 10.6 Å². The van der Waals surface area contributed by atoms with Crippen LogP contribution in [-0.4, -0.2) is 10.7 Å². The summed E-state index contributed by atoms with van der Waals surface area (Å²) in [6, 6.07) is 12.1. The summed E-state index contributed by atoms with van der Waals surface area (Å²) in [5.74, 6) is -0.381. The van der Waals surface area contributed by atoms with Gasteiger partial charge in [-0.25, -0.2) is 0 Å². The van der Waals surface area contributed by atoms with E-state index in [1.165, 1.54) is 23.5 Å². The van der Waals surface area contributed by atoms with Gasteiger partial charge in [-0.2, -0.15) is 5.26 Å². The van der Waals surface area contributed by atoms with Gasteiger partial charge in [-0.1, -0.05) is 19.9 Å². The number of nitrogens with zero attached hydrogens (tertiary/aromatic N) is 3. The van der Waals surface area contributed by atoms with Gasteiger partial charge in [-0.3, -0.25) is 19.8 Å². The van der Waals surface area contributed by atoms with Crippen molar-refractivity contribution in [2.75, 3.05) is 4.90 Å². The van der Waals surface area contributed by atoms with E-state index in [0.717, 1.165) is 8.66 Å². The van der Waals surface area contributed by atoms with Crippen LogP contribution in [0.3, 0.4) is 0 Å². The molecule has 9 heteroatoms. The number of halogens is 1. The van der Waals surface area contributed by atoms with E-state index in [1.54, 1.807) is 17.0 Å². The Morgan fingerprint density at radius 2 is 2.06 bits per heavy atom. The molecule has 0 radical (unpaired) electrons. The van der Waals surface area contributed by atoms with Crippen LogP contribution in [0.25, 0.3) is 0 Å². The fraction of sp³-hybridized carbons (Fsp3) is 0.273. The van der Waals surface area contributed by atoms with Gasteiger partial charge in [0.25, 0.3) is 5.69 Å². The van der Waals surface area contributed by atoms with E-state index in [2.05, 4.69) is 22.0 Å². The normalized spacial score (nSPS) is 20.5. The molecule has 31 heavy (non-hydrogen) atoms. The van der Waals surface area contributed by atoms with Crippen LogP contribution in [0, 0.1) is 26.9 Å². The molecule has 1 aromatic heterocycles. The van der Waals surface area contributed by atoms with Gasteiger partial charge >= 0.3 is 0 Å². The SMILES string of the molecule is CC1(C)CC(=O)C2=C(C1)N(c1cccc([N+](=O)[O-])c1)C(N)=C(C#N)[C@H]2c1ccc(Br)s1. The predicted molar refractivity (Wildman–Crippen MR) is 122 cm³/mol. The summed E-state index contributed by atoms with van der Waals surface area (Å²) < 4.78 is 0.894. The Labute approximate surface area is 191 Å². The van der Waals surface area contributed by atoms with Crippen LogP contribution in [0.1, 0.15) is 37.5 Å². The van der Waals surface area contributed by atoms with Gasteiger partial charge in [-0.05, 0) is 46.0 Å². The van der Waals surface area contributed by atoms with Crippen molar-refractivity contribution in [3.8, 4) is 6.07 Å². The van der Waals surface area contributed by atoms with Gasteiger partial charge in [-0.15, -0.1) is 11.3 Å². The van der Waals surface area contributed by atoms with E-state index in [4.69, 9.17) is 5.73 Å². The highest BCUT2D eigenvalue weighted by molar-refractivity contribution is 9.11. The Balaban J connectivity index is 2.00. The van der Waals surface area contributed by atoms with E-state index >= 15 is 0 Å². The molecule has 2 aromatic rings. The highest BCUT2D eigenvalue weighted by Crippen LogP contribution is 2.51. The fourth-order valence-electron chi connectivity index (χ4n) is 4.32. The van der Waals surface area contributed by atoms with Crippen LogP contribution in [-0.2, 0) is 4.79 Å². The Hall–Kier alpha value is -2.96. The number of allylic oxidation sites excluding steroid dienone is 3. The van der Waals surface area contributed by atoms with Crippen LogP contribution in [0.5, 0.6) is 0 Å². The zero-order valence-corrected chi connectivity index (χ0v) is 19.3. The maximum absolute atomic E-state index is 13.4. The van der Waals surface area contributed by atoms with Gasteiger partial charge in [0.1, 0.15) is 5.82 Å². The van der Waals surface area contributed by atoms with E-state index in [1.807, 2.05) is 26.0 Å². The first kappa shape index (κ1) is 21.3. The summed E-state index contributed by atoms with van der Waals surface area (Å²) >= 11 is 4.92. The first-order chi connectivity index (χ1) is 14.6. The van der Waals surface area contributed by atoms with Crippen molar-refractivity contribution in [3.05, 3.63) is 77.8 Å². The monoisotopic (exact) mass is 498 g/mol. The van der Waals surface area contributed by atoms with Crippen molar-refractivity contribution >= 4 is 44.4 Å². The third kappa shape index (κ3) is 3.66. The molecule has 4 rings (SSSR count). The topological polar surface area (TPSA) is 113 Å². The van der Waals surface area contributed by atoms with Crippen molar-refractivity contribution in [2.45, 2.75) is 32.6 Å². The molecule has 0 fully saturated rings. The van der Waals surface area contributed by atoms with Gasteiger partial charge < -0.3 is 5.73 Å². The summed E-state index contributed by atoms with van der Waals surface area (Å²) in [5, 5.41) is 21.4. The summed E-state index contributed by atoms with van der Waals surface area (Å²) in [4.78, 5) is 26.7. The molecule has 158 valence electrons. The Kier molecular flexibility index (Phi) is 5.23. The van der Waals surface area contributed by atoms with Crippen LogP contribution in [0.2, 0.25) is 0 Å². The van der Waals surface area contributed by atoms with Gasteiger partial charge in [0.2, 0.25) is 0 Å². The number of thiophene rings is 1. The Morgan fingerprint density at radius 3 is 2.68 bits per heavy atom. The number of Topliss-reactive ketones (excluding diaryl/α,β-unsaturated/α-hetero) is 1. The predicted octanol–water partition coefficient (Wildman–Crippen LogP) is 5.36.